The first-order valence-electron chi connectivity index (χ1n) is 11.8. The first kappa shape index (κ1) is 22.3. The maximum atomic E-state index is 13.6. The van der Waals surface area contributed by atoms with Gasteiger partial charge in [0.1, 0.15) is 0 Å². The van der Waals surface area contributed by atoms with E-state index in [2.05, 4.69) is 18.2 Å². The van der Waals surface area contributed by atoms with E-state index in [0.29, 0.717) is 0 Å². The van der Waals surface area contributed by atoms with Gasteiger partial charge in [-0.2, -0.15) is 0 Å². The molecule has 0 bridgehead atoms. The lowest BCUT2D eigenvalue weighted by atomic mass is 9.97. The molecule has 2 aromatic rings. The van der Waals surface area contributed by atoms with Crippen molar-refractivity contribution < 1.29 is 14.3 Å². The normalized spacial score (nSPS) is 20.8. The van der Waals surface area contributed by atoms with Crippen molar-refractivity contribution in [3.05, 3.63) is 34.7 Å². The molecule has 5 nitrogen and oxygen atoms in total. The van der Waals surface area contributed by atoms with Crippen LogP contribution >= 0.6 is 11.3 Å². The zero-order valence-electron chi connectivity index (χ0n) is 18.8. The lowest BCUT2D eigenvalue weighted by Gasteiger charge is -2.32. The van der Waals surface area contributed by atoms with Gasteiger partial charge >= 0.3 is 0 Å². The third kappa shape index (κ3) is 4.96. The fourth-order valence-electron chi connectivity index (χ4n) is 5.12. The Bertz CT molecular complexity index is 917. The van der Waals surface area contributed by atoms with Gasteiger partial charge in [0.25, 0.3) is 5.91 Å². The van der Waals surface area contributed by atoms with E-state index in [0.717, 1.165) is 79.9 Å². The Morgan fingerprint density at radius 3 is 2.58 bits per heavy atom. The number of likely N-dealkylation sites (tertiary alicyclic amines) is 2. The number of rotatable bonds is 5. The average molecular weight is 443 g/mol. The van der Waals surface area contributed by atoms with Crippen molar-refractivity contribution in [1.82, 2.24) is 9.80 Å². The summed E-state index contributed by atoms with van der Waals surface area (Å²) in [7, 11) is 0. The summed E-state index contributed by atoms with van der Waals surface area (Å²) in [6.07, 6.45) is 7.24. The van der Waals surface area contributed by atoms with Crippen LogP contribution in [0.4, 0.5) is 0 Å². The number of hydrogen-bond acceptors (Lipinski definition) is 4. The predicted octanol–water partition coefficient (Wildman–Crippen LogP) is 4.88. The molecule has 0 N–H and O–H groups in total. The number of piperidine rings is 1. The number of benzene rings is 1. The van der Waals surface area contributed by atoms with Gasteiger partial charge in [-0.25, -0.2) is 0 Å². The largest absolute Gasteiger partial charge is 0.378 e. The molecule has 6 heteroatoms. The van der Waals surface area contributed by atoms with Gasteiger partial charge in [-0.3, -0.25) is 9.59 Å². The molecule has 0 spiro atoms. The van der Waals surface area contributed by atoms with E-state index in [9.17, 15) is 9.59 Å². The zero-order chi connectivity index (χ0) is 21.8. The summed E-state index contributed by atoms with van der Waals surface area (Å²) in [6.45, 7) is 6.77. The molecule has 2 saturated heterocycles. The van der Waals surface area contributed by atoms with E-state index in [1.54, 1.807) is 18.3 Å². The molecule has 3 heterocycles. The average Bonchev–Trinajstić information content (AvgIpc) is 2.96. The van der Waals surface area contributed by atoms with Gasteiger partial charge < -0.3 is 14.5 Å². The molecule has 0 saturated carbocycles. The van der Waals surface area contributed by atoms with Gasteiger partial charge in [-0.1, -0.05) is 31.0 Å². The summed E-state index contributed by atoms with van der Waals surface area (Å²) in [5.41, 5.74) is 1.13. The lowest BCUT2D eigenvalue weighted by Crippen LogP contribution is -2.42. The Morgan fingerprint density at radius 1 is 1.06 bits per heavy atom. The molecule has 1 aromatic heterocycles. The quantitative estimate of drug-likeness (QED) is 0.663. The monoisotopic (exact) mass is 442 g/mol. The summed E-state index contributed by atoms with van der Waals surface area (Å²) >= 11 is 1.61. The van der Waals surface area contributed by atoms with Gasteiger partial charge in [0, 0.05) is 43.9 Å². The van der Waals surface area contributed by atoms with Crippen LogP contribution in [0.5, 0.6) is 0 Å². The number of fused-ring (bicyclic) bond motifs is 1. The van der Waals surface area contributed by atoms with Gasteiger partial charge in [0.2, 0.25) is 5.91 Å². The fourth-order valence-corrected chi connectivity index (χ4v) is 6.32. The minimum atomic E-state index is 0.147. The molecule has 2 fully saturated rings. The number of amides is 2. The van der Waals surface area contributed by atoms with Crippen molar-refractivity contribution in [2.24, 2.45) is 0 Å². The number of nitrogens with zero attached hydrogens (tertiary/aromatic N) is 2. The Kier molecular flexibility index (Phi) is 7.28. The number of ether oxygens (including phenoxy) is 1. The smallest absolute Gasteiger partial charge is 0.264 e. The van der Waals surface area contributed by atoms with Crippen molar-refractivity contribution in [3.63, 3.8) is 0 Å². The van der Waals surface area contributed by atoms with Crippen LogP contribution < -0.4 is 0 Å². The van der Waals surface area contributed by atoms with Gasteiger partial charge in [0.15, 0.2) is 0 Å². The molecular formula is C25H34N2O3S. The van der Waals surface area contributed by atoms with Gasteiger partial charge in [-0.15, -0.1) is 11.3 Å². The molecule has 31 heavy (non-hydrogen) atoms. The summed E-state index contributed by atoms with van der Waals surface area (Å²) in [5.74, 6) is 0.298. The molecule has 2 aliphatic rings. The minimum Gasteiger partial charge on any atom is -0.378 e. The van der Waals surface area contributed by atoms with Gasteiger partial charge in [0.05, 0.1) is 11.0 Å². The highest BCUT2D eigenvalue weighted by atomic mass is 32.1. The van der Waals surface area contributed by atoms with Crippen LogP contribution in [0.3, 0.4) is 0 Å². The number of hydrogen-bond donors (Lipinski definition) is 0. The van der Waals surface area contributed by atoms with Crippen molar-refractivity contribution in [1.29, 1.82) is 0 Å². The first-order valence-corrected chi connectivity index (χ1v) is 12.6. The minimum absolute atomic E-state index is 0.147. The first-order chi connectivity index (χ1) is 15.1. The molecule has 0 radical (unpaired) electrons. The highest BCUT2D eigenvalue weighted by molar-refractivity contribution is 7.21. The van der Waals surface area contributed by atoms with E-state index in [-0.39, 0.29) is 24.0 Å². The van der Waals surface area contributed by atoms with Gasteiger partial charge in [-0.05, 0) is 56.0 Å². The maximum absolute atomic E-state index is 13.6. The third-order valence-electron chi connectivity index (χ3n) is 6.75. The Morgan fingerprint density at radius 2 is 1.84 bits per heavy atom. The predicted molar refractivity (Wildman–Crippen MR) is 126 cm³/mol. The van der Waals surface area contributed by atoms with Crippen molar-refractivity contribution in [2.75, 3.05) is 26.2 Å². The Labute approximate surface area is 189 Å². The second kappa shape index (κ2) is 10.1. The molecule has 1 atom stereocenters. The molecule has 0 aliphatic carbocycles. The molecule has 2 amide bonds. The summed E-state index contributed by atoms with van der Waals surface area (Å²) < 4.78 is 6.92. The summed E-state index contributed by atoms with van der Waals surface area (Å²) in [4.78, 5) is 30.8. The van der Waals surface area contributed by atoms with Crippen molar-refractivity contribution in [3.8, 4) is 0 Å². The van der Waals surface area contributed by atoms with E-state index >= 15 is 0 Å². The summed E-state index contributed by atoms with van der Waals surface area (Å²) in [6, 6.07) is 8.51. The van der Waals surface area contributed by atoms with Crippen LogP contribution in [0.25, 0.3) is 10.1 Å². The van der Waals surface area contributed by atoms with Crippen LogP contribution in [0.1, 0.15) is 67.6 Å². The van der Waals surface area contributed by atoms with E-state index in [1.165, 1.54) is 11.8 Å². The Hall–Kier alpha value is -1.92. The maximum Gasteiger partial charge on any atom is 0.264 e. The van der Waals surface area contributed by atoms with Crippen molar-refractivity contribution in [2.45, 2.75) is 70.9 Å². The molecule has 1 aromatic carbocycles. The fraction of sp³-hybridized carbons (Fsp3) is 0.600. The summed E-state index contributed by atoms with van der Waals surface area (Å²) in [5, 5.41) is 1.17. The van der Waals surface area contributed by atoms with Crippen LogP contribution in [0, 0.1) is 0 Å². The molecular weight excluding hydrogens is 408 g/mol. The number of carbonyl (C=O) groups excluding carboxylic acids is 2. The van der Waals surface area contributed by atoms with Crippen LogP contribution in [-0.4, -0.2) is 60.0 Å². The zero-order valence-corrected chi connectivity index (χ0v) is 19.6. The highest BCUT2D eigenvalue weighted by Crippen LogP contribution is 2.35. The van der Waals surface area contributed by atoms with Crippen LogP contribution in [-0.2, 0) is 16.0 Å². The second-order valence-corrected chi connectivity index (χ2v) is 9.82. The molecule has 0 unspecified atom stereocenters. The molecule has 4 rings (SSSR count). The van der Waals surface area contributed by atoms with E-state index < -0.39 is 0 Å². The lowest BCUT2D eigenvalue weighted by molar-refractivity contribution is -0.131. The van der Waals surface area contributed by atoms with Crippen LogP contribution in [0.2, 0.25) is 0 Å². The highest BCUT2D eigenvalue weighted by Gasteiger charge is 2.30. The van der Waals surface area contributed by atoms with E-state index in [4.69, 9.17) is 4.74 Å². The topological polar surface area (TPSA) is 49.9 Å². The van der Waals surface area contributed by atoms with Crippen LogP contribution in [0.15, 0.2) is 24.3 Å². The second-order valence-electron chi connectivity index (χ2n) is 8.77. The SMILES string of the molecule is CCOC1CCN(C(=O)c2sc3ccccc3c2C[C@H]2CCCCCN2C(C)=O)CC1. The standard InChI is InChI=1S/C25H34N2O3S/c1-3-30-20-12-15-26(16-13-20)25(29)24-22(21-10-6-7-11-23(21)31-24)17-19-9-5-4-8-14-27(19)18(2)28/h6-7,10-11,19-20H,3-5,8-9,12-17H2,1-2H3/t19-/m1/s1. The van der Waals surface area contributed by atoms with Crippen molar-refractivity contribution >= 4 is 33.2 Å². The third-order valence-corrected chi connectivity index (χ3v) is 7.95. The number of carbonyl (C=O) groups is 2. The number of thiophene rings is 1. The van der Waals surface area contributed by atoms with E-state index in [1.807, 2.05) is 22.8 Å². The Balaban J connectivity index is 1.61. The molecule has 168 valence electrons. The molecule has 2 aliphatic heterocycles.